The zero-order valence-electron chi connectivity index (χ0n) is 12.8. The highest BCUT2D eigenvalue weighted by Crippen LogP contribution is 2.16. The van der Waals surface area contributed by atoms with E-state index in [1.165, 1.54) is 0 Å². The molecule has 2 rings (SSSR count). The number of anilines is 1. The predicted molar refractivity (Wildman–Crippen MR) is 91.9 cm³/mol. The van der Waals surface area contributed by atoms with Crippen LogP contribution in [-0.2, 0) is 0 Å². The summed E-state index contributed by atoms with van der Waals surface area (Å²) < 4.78 is 0. The Hall–Kier alpha value is -2.33. The lowest BCUT2D eigenvalue weighted by Crippen LogP contribution is -2.19. The first kappa shape index (κ1) is 16.0. The summed E-state index contributed by atoms with van der Waals surface area (Å²) in [6, 6.07) is 14.7. The summed E-state index contributed by atoms with van der Waals surface area (Å²) in [5.41, 5.74) is 5.60. The summed E-state index contributed by atoms with van der Waals surface area (Å²) in [5, 5.41) is 4.72. The van der Waals surface area contributed by atoms with Crippen LogP contribution in [0.5, 0.6) is 0 Å². The molecule has 0 aliphatic heterocycles. The second-order valence-electron chi connectivity index (χ2n) is 5.06. The molecule has 1 amide bonds. The van der Waals surface area contributed by atoms with Crippen LogP contribution >= 0.6 is 11.6 Å². The number of amides is 1. The van der Waals surface area contributed by atoms with Crippen LogP contribution in [0.1, 0.15) is 22.8 Å². The summed E-state index contributed by atoms with van der Waals surface area (Å²) in [4.78, 5) is 14.1. The molecule has 1 N–H and O–H groups in total. The van der Waals surface area contributed by atoms with E-state index in [1.807, 2.05) is 49.3 Å². The third-order valence-electron chi connectivity index (χ3n) is 3.23. The van der Waals surface area contributed by atoms with E-state index in [-0.39, 0.29) is 5.91 Å². The van der Waals surface area contributed by atoms with Crippen molar-refractivity contribution in [1.29, 1.82) is 0 Å². The van der Waals surface area contributed by atoms with Crippen molar-refractivity contribution in [2.75, 3.05) is 19.0 Å². The normalized spacial score (nSPS) is 11.2. The van der Waals surface area contributed by atoms with Gasteiger partial charge in [-0.2, -0.15) is 5.10 Å². The average molecular weight is 316 g/mol. The van der Waals surface area contributed by atoms with E-state index in [9.17, 15) is 4.79 Å². The van der Waals surface area contributed by atoms with Gasteiger partial charge in [0.15, 0.2) is 0 Å². The lowest BCUT2D eigenvalue weighted by molar-refractivity contribution is 0.0955. The molecular weight excluding hydrogens is 298 g/mol. The van der Waals surface area contributed by atoms with Gasteiger partial charge in [-0.3, -0.25) is 4.79 Å². The summed E-state index contributed by atoms with van der Waals surface area (Å²) in [7, 11) is 3.90. The fourth-order valence-corrected chi connectivity index (χ4v) is 2.20. The van der Waals surface area contributed by atoms with E-state index in [2.05, 4.69) is 10.5 Å². The monoisotopic (exact) mass is 315 g/mol. The minimum Gasteiger partial charge on any atom is -0.378 e. The molecule has 0 radical (unpaired) electrons. The Bertz CT molecular complexity index is 693. The van der Waals surface area contributed by atoms with Crippen molar-refractivity contribution in [3.8, 4) is 0 Å². The molecule has 4 nitrogen and oxygen atoms in total. The number of nitrogens with zero attached hydrogens (tertiary/aromatic N) is 2. The summed E-state index contributed by atoms with van der Waals surface area (Å²) in [6.45, 7) is 1.80. The molecule has 0 heterocycles. The Balaban J connectivity index is 2.09. The maximum absolute atomic E-state index is 12.1. The maximum Gasteiger partial charge on any atom is 0.271 e. The molecule has 0 unspecified atom stereocenters. The largest absolute Gasteiger partial charge is 0.378 e. The number of carbonyl (C=O) groups excluding carboxylic acids is 1. The summed E-state index contributed by atoms with van der Waals surface area (Å²) in [6.07, 6.45) is 0. The lowest BCUT2D eigenvalue weighted by Gasteiger charge is -2.12. The van der Waals surface area contributed by atoms with Crippen LogP contribution in [0.25, 0.3) is 0 Å². The van der Waals surface area contributed by atoms with E-state index in [1.54, 1.807) is 25.1 Å². The van der Waals surface area contributed by atoms with E-state index < -0.39 is 0 Å². The molecule has 0 saturated heterocycles. The maximum atomic E-state index is 12.1. The lowest BCUT2D eigenvalue weighted by atomic mass is 10.1. The molecule has 0 atom stereocenters. The molecule has 0 aliphatic rings. The Morgan fingerprint density at radius 1 is 1.09 bits per heavy atom. The first-order valence-corrected chi connectivity index (χ1v) is 7.24. The zero-order valence-corrected chi connectivity index (χ0v) is 13.6. The number of halogens is 1. The van der Waals surface area contributed by atoms with Crippen LogP contribution in [0.2, 0.25) is 5.02 Å². The third-order valence-corrected chi connectivity index (χ3v) is 3.56. The quantitative estimate of drug-likeness (QED) is 0.692. The average Bonchev–Trinajstić information content (AvgIpc) is 2.52. The van der Waals surface area contributed by atoms with Gasteiger partial charge in [-0.05, 0) is 37.3 Å². The zero-order chi connectivity index (χ0) is 16.1. The van der Waals surface area contributed by atoms with Gasteiger partial charge in [-0.25, -0.2) is 5.43 Å². The van der Waals surface area contributed by atoms with Crippen molar-refractivity contribution in [3.05, 3.63) is 64.7 Å². The topological polar surface area (TPSA) is 44.7 Å². The fraction of sp³-hybridized carbons (Fsp3) is 0.176. The van der Waals surface area contributed by atoms with Crippen LogP contribution in [0.15, 0.2) is 53.6 Å². The number of benzene rings is 2. The van der Waals surface area contributed by atoms with Crippen molar-refractivity contribution in [3.63, 3.8) is 0 Å². The molecule has 0 bridgehead atoms. The first-order chi connectivity index (χ1) is 10.5. The van der Waals surface area contributed by atoms with Gasteiger partial charge in [-0.1, -0.05) is 29.8 Å². The second-order valence-corrected chi connectivity index (χ2v) is 5.47. The van der Waals surface area contributed by atoms with Crippen LogP contribution in [0.3, 0.4) is 0 Å². The molecule has 0 aromatic heterocycles. The first-order valence-electron chi connectivity index (χ1n) is 6.86. The molecular formula is C17H18ClN3O. The number of carbonyl (C=O) groups is 1. The molecule has 2 aromatic rings. The molecule has 0 fully saturated rings. The SMILES string of the molecule is C/C(=N\NC(=O)c1ccc(N(C)C)cc1)c1ccccc1Cl. The van der Waals surface area contributed by atoms with E-state index >= 15 is 0 Å². The highest BCUT2D eigenvalue weighted by molar-refractivity contribution is 6.34. The molecule has 114 valence electrons. The van der Waals surface area contributed by atoms with Gasteiger partial charge in [0.1, 0.15) is 0 Å². The van der Waals surface area contributed by atoms with Crippen molar-refractivity contribution >= 4 is 28.9 Å². The van der Waals surface area contributed by atoms with Crippen LogP contribution in [0, 0.1) is 0 Å². The molecule has 22 heavy (non-hydrogen) atoms. The number of nitrogens with one attached hydrogen (secondary N) is 1. The standard InChI is InChI=1S/C17H18ClN3O/c1-12(15-6-4-5-7-16(15)18)19-20-17(22)13-8-10-14(11-9-13)21(2)3/h4-11H,1-3H3,(H,20,22)/b19-12+. The molecule has 0 saturated carbocycles. The summed E-state index contributed by atoms with van der Waals surface area (Å²) >= 11 is 6.10. The van der Waals surface area contributed by atoms with Crippen LogP contribution in [0.4, 0.5) is 5.69 Å². The summed E-state index contributed by atoms with van der Waals surface area (Å²) in [5.74, 6) is -0.253. The highest BCUT2D eigenvalue weighted by atomic mass is 35.5. The van der Waals surface area contributed by atoms with Gasteiger partial charge in [0.05, 0.1) is 5.71 Å². The molecule has 5 heteroatoms. The third kappa shape index (κ3) is 3.86. The number of hydrogen-bond donors (Lipinski definition) is 1. The van der Waals surface area contributed by atoms with Gasteiger partial charge >= 0.3 is 0 Å². The van der Waals surface area contributed by atoms with Gasteiger partial charge in [0.25, 0.3) is 5.91 Å². The molecule has 0 spiro atoms. The van der Waals surface area contributed by atoms with Gasteiger partial charge in [0.2, 0.25) is 0 Å². The Morgan fingerprint density at radius 3 is 2.32 bits per heavy atom. The smallest absolute Gasteiger partial charge is 0.271 e. The van der Waals surface area contributed by atoms with Crippen molar-refractivity contribution < 1.29 is 4.79 Å². The van der Waals surface area contributed by atoms with Crippen molar-refractivity contribution in [1.82, 2.24) is 5.43 Å². The fourth-order valence-electron chi connectivity index (χ4n) is 1.92. The van der Waals surface area contributed by atoms with E-state index in [0.717, 1.165) is 11.3 Å². The molecule has 0 aliphatic carbocycles. The van der Waals surface area contributed by atoms with Crippen LogP contribution < -0.4 is 10.3 Å². The Morgan fingerprint density at radius 2 is 1.73 bits per heavy atom. The Kier molecular flexibility index (Phi) is 5.17. The van der Waals surface area contributed by atoms with Gasteiger partial charge in [0, 0.05) is 35.9 Å². The van der Waals surface area contributed by atoms with Gasteiger partial charge in [-0.15, -0.1) is 0 Å². The van der Waals surface area contributed by atoms with Crippen LogP contribution in [-0.4, -0.2) is 25.7 Å². The van der Waals surface area contributed by atoms with Crippen molar-refractivity contribution in [2.24, 2.45) is 5.10 Å². The number of hydrogen-bond acceptors (Lipinski definition) is 3. The van der Waals surface area contributed by atoms with E-state index in [4.69, 9.17) is 11.6 Å². The minimum absolute atomic E-state index is 0.253. The number of rotatable bonds is 4. The number of hydrazone groups is 1. The highest BCUT2D eigenvalue weighted by Gasteiger charge is 2.07. The molecule has 2 aromatic carbocycles. The Labute approximate surface area is 135 Å². The second kappa shape index (κ2) is 7.09. The van der Waals surface area contributed by atoms with E-state index in [0.29, 0.717) is 16.3 Å². The van der Waals surface area contributed by atoms with Crippen molar-refractivity contribution in [2.45, 2.75) is 6.92 Å². The van der Waals surface area contributed by atoms with Gasteiger partial charge < -0.3 is 4.90 Å². The minimum atomic E-state index is -0.253. The predicted octanol–water partition coefficient (Wildman–Crippen LogP) is 3.56.